The minimum atomic E-state index is 0.173. The molecule has 20 heavy (non-hydrogen) atoms. The number of halogens is 2. The lowest BCUT2D eigenvalue weighted by atomic mass is 10.2. The van der Waals surface area contributed by atoms with E-state index in [9.17, 15) is 0 Å². The molecule has 0 aliphatic carbocycles. The summed E-state index contributed by atoms with van der Waals surface area (Å²) in [7, 11) is 0. The predicted molar refractivity (Wildman–Crippen MR) is 91.4 cm³/mol. The standard InChI is InChI=1S/C16H17Br2NO/c1-11(2)20-15-9-4-3-6-12(15)10-19-16-13(17)7-5-8-14(16)18/h3-9,11,19H,10H2,1-2H3. The zero-order valence-corrected chi connectivity index (χ0v) is 14.7. The molecule has 0 heterocycles. The van der Waals surface area contributed by atoms with Gasteiger partial charge in [0.2, 0.25) is 0 Å². The lowest BCUT2D eigenvalue weighted by Crippen LogP contribution is -2.09. The van der Waals surface area contributed by atoms with Crippen molar-refractivity contribution in [1.29, 1.82) is 0 Å². The number of rotatable bonds is 5. The van der Waals surface area contributed by atoms with Gasteiger partial charge in [-0.2, -0.15) is 0 Å². The third kappa shape index (κ3) is 4.00. The average Bonchev–Trinajstić information content (AvgIpc) is 2.39. The van der Waals surface area contributed by atoms with E-state index in [0.717, 1.165) is 25.9 Å². The molecular weight excluding hydrogens is 382 g/mol. The first-order chi connectivity index (χ1) is 9.58. The van der Waals surface area contributed by atoms with Crippen LogP contribution in [0, 0.1) is 0 Å². The molecule has 0 aromatic heterocycles. The number of ether oxygens (including phenoxy) is 1. The van der Waals surface area contributed by atoms with Crippen molar-refractivity contribution in [2.45, 2.75) is 26.5 Å². The summed E-state index contributed by atoms with van der Waals surface area (Å²) in [5.41, 5.74) is 2.19. The second-order valence-electron chi connectivity index (χ2n) is 4.72. The minimum Gasteiger partial charge on any atom is -0.491 e. The maximum Gasteiger partial charge on any atom is 0.124 e. The Morgan fingerprint density at radius 1 is 1.00 bits per heavy atom. The highest BCUT2D eigenvalue weighted by molar-refractivity contribution is 9.11. The van der Waals surface area contributed by atoms with Crippen LogP contribution in [0.1, 0.15) is 19.4 Å². The SMILES string of the molecule is CC(C)Oc1ccccc1CNc1c(Br)cccc1Br. The van der Waals surface area contributed by atoms with Gasteiger partial charge in [-0.05, 0) is 63.9 Å². The van der Waals surface area contributed by atoms with E-state index < -0.39 is 0 Å². The van der Waals surface area contributed by atoms with Crippen LogP contribution >= 0.6 is 31.9 Å². The second-order valence-corrected chi connectivity index (χ2v) is 6.43. The third-order valence-corrected chi connectivity index (χ3v) is 4.08. The van der Waals surface area contributed by atoms with E-state index in [4.69, 9.17) is 4.74 Å². The molecule has 0 radical (unpaired) electrons. The number of benzene rings is 2. The molecule has 0 fully saturated rings. The molecule has 2 nitrogen and oxygen atoms in total. The fourth-order valence-corrected chi connectivity index (χ4v) is 3.15. The van der Waals surface area contributed by atoms with Crippen molar-refractivity contribution < 1.29 is 4.74 Å². The third-order valence-electron chi connectivity index (χ3n) is 2.75. The first kappa shape index (κ1) is 15.4. The average molecular weight is 399 g/mol. The zero-order valence-electron chi connectivity index (χ0n) is 11.5. The molecule has 106 valence electrons. The predicted octanol–water partition coefficient (Wildman–Crippen LogP) is 5.61. The Kier molecular flexibility index (Phi) is 5.49. The number of para-hydroxylation sites is 2. The van der Waals surface area contributed by atoms with Gasteiger partial charge in [0.05, 0.1) is 11.8 Å². The quantitative estimate of drug-likeness (QED) is 0.706. The van der Waals surface area contributed by atoms with Gasteiger partial charge in [0.25, 0.3) is 0 Å². The number of hydrogen-bond donors (Lipinski definition) is 1. The van der Waals surface area contributed by atoms with Gasteiger partial charge in [-0.3, -0.25) is 0 Å². The van der Waals surface area contributed by atoms with Crippen LogP contribution in [-0.2, 0) is 6.54 Å². The maximum atomic E-state index is 5.83. The first-order valence-electron chi connectivity index (χ1n) is 6.50. The van der Waals surface area contributed by atoms with Gasteiger partial charge in [0.15, 0.2) is 0 Å². The van der Waals surface area contributed by atoms with Crippen LogP contribution in [0.3, 0.4) is 0 Å². The lowest BCUT2D eigenvalue weighted by molar-refractivity contribution is 0.240. The summed E-state index contributed by atoms with van der Waals surface area (Å²) < 4.78 is 7.90. The minimum absolute atomic E-state index is 0.173. The molecule has 2 rings (SSSR count). The summed E-state index contributed by atoms with van der Waals surface area (Å²) in [6, 6.07) is 14.1. The van der Waals surface area contributed by atoms with Crippen molar-refractivity contribution in [2.75, 3.05) is 5.32 Å². The maximum absolute atomic E-state index is 5.83. The molecule has 0 aliphatic rings. The van der Waals surface area contributed by atoms with Crippen molar-refractivity contribution in [3.63, 3.8) is 0 Å². The molecule has 1 N–H and O–H groups in total. The van der Waals surface area contributed by atoms with Gasteiger partial charge in [-0.1, -0.05) is 24.3 Å². The van der Waals surface area contributed by atoms with E-state index in [1.807, 2.05) is 50.2 Å². The summed E-state index contributed by atoms with van der Waals surface area (Å²) in [4.78, 5) is 0. The van der Waals surface area contributed by atoms with Crippen LogP contribution in [-0.4, -0.2) is 6.10 Å². The number of hydrogen-bond acceptors (Lipinski definition) is 2. The van der Waals surface area contributed by atoms with Gasteiger partial charge in [0.1, 0.15) is 5.75 Å². The van der Waals surface area contributed by atoms with Crippen LogP contribution in [0.25, 0.3) is 0 Å². The molecule has 0 bridgehead atoms. The van der Waals surface area contributed by atoms with Crippen molar-refractivity contribution in [2.24, 2.45) is 0 Å². The topological polar surface area (TPSA) is 21.3 Å². The van der Waals surface area contributed by atoms with Gasteiger partial charge >= 0.3 is 0 Å². The van der Waals surface area contributed by atoms with E-state index in [1.54, 1.807) is 0 Å². The lowest BCUT2D eigenvalue weighted by Gasteiger charge is -2.16. The highest BCUT2D eigenvalue weighted by Gasteiger charge is 2.07. The molecule has 0 saturated carbocycles. The van der Waals surface area contributed by atoms with Crippen molar-refractivity contribution in [1.82, 2.24) is 0 Å². The van der Waals surface area contributed by atoms with E-state index in [-0.39, 0.29) is 6.10 Å². The Morgan fingerprint density at radius 2 is 1.65 bits per heavy atom. The van der Waals surface area contributed by atoms with Crippen LogP contribution in [0.5, 0.6) is 5.75 Å². The molecule has 0 saturated heterocycles. The molecular formula is C16H17Br2NO. The van der Waals surface area contributed by atoms with Crippen molar-refractivity contribution in [3.8, 4) is 5.75 Å². The summed E-state index contributed by atoms with van der Waals surface area (Å²) in [5, 5.41) is 3.44. The van der Waals surface area contributed by atoms with Gasteiger partial charge in [-0.15, -0.1) is 0 Å². The highest BCUT2D eigenvalue weighted by atomic mass is 79.9. The largest absolute Gasteiger partial charge is 0.491 e. The highest BCUT2D eigenvalue weighted by Crippen LogP contribution is 2.31. The van der Waals surface area contributed by atoms with Gasteiger partial charge < -0.3 is 10.1 Å². The molecule has 2 aromatic rings. The summed E-state index contributed by atoms with van der Waals surface area (Å²) >= 11 is 7.11. The van der Waals surface area contributed by atoms with Crippen LogP contribution in [0.2, 0.25) is 0 Å². The van der Waals surface area contributed by atoms with Crippen molar-refractivity contribution in [3.05, 3.63) is 57.0 Å². The second kappa shape index (κ2) is 7.14. The smallest absolute Gasteiger partial charge is 0.124 e. The normalized spacial score (nSPS) is 10.7. The first-order valence-corrected chi connectivity index (χ1v) is 8.09. The molecule has 0 unspecified atom stereocenters. The fourth-order valence-electron chi connectivity index (χ4n) is 1.87. The summed E-state index contributed by atoms with van der Waals surface area (Å²) in [6.07, 6.45) is 0.173. The Bertz CT molecular complexity index is 564. The molecule has 4 heteroatoms. The Labute approximate surface area is 136 Å². The fraction of sp³-hybridized carbons (Fsp3) is 0.250. The Balaban J connectivity index is 2.15. The van der Waals surface area contributed by atoms with E-state index in [0.29, 0.717) is 6.54 Å². The Hall–Kier alpha value is -1.000. The zero-order chi connectivity index (χ0) is 14.5. The Morgan fingerprint density at radius 3 is 2.30 bits per heavy atom. The van der Waals surface area contributed by atoms with Gasteiger partial charge in [-0.25, -0.2) is 0 Å². The number of anilines is 1. The monoisotopic (exact) mass is 397 g/mol. The van der Waals surface area contributed by atoms with E-state index >= 15 is 0 Å². The molecule has 0 aliphatic heterocycles. The summed E-state index contributed by atoms with van der Waals surface area (Å²) in [5.74, 6) is 0.929. The van der Waals surface area contributed by atoms with E-state index in [1.165, 1.54) is 0 Å². The molecule has 2 aromatic carbocycles. The van der Waals surface area contributed by atoms with E-state index in [2.05, 4.69) is 43.2 Å². The van der Waals surface area contributed by atoms with Crippen LogP contribution in [0.4, 0.5) is 5.69 Å². The molecule has 0 atom stereocenters. The number of nitrogens with one attached hydrogen (secondary N) is 1. The summed E-state index contributed by atoms with van der Waals surface area (Å²) in [6.45, 7) is 4.78. The molecule has 0 amide bonds. The van der Waals surface area contributed by atoms with Crippen molar-refractivity contribution >= 4 is 37.5 Å². The molecule has 0 spiro atoms. The van der Waals surface area contributed by atoms with Crippen LogP contribution < -0.4 is 10.1 Å². The van der Waals surface area contributed by atoms with Crippen LogP contribution in [0.15, 0.2) is 51.4 Å². The van der Waals surface area contributed by atoms with Gasteiger partial charge in [0, 0.05) is 21.1 Å².